The minimum atomic E-state index is 0.430. The molecule has 9 aromatic carbocycles. The fourth-order valence-corrected chi connectivity index (χ4v) is 10.3. The molecule has 0 aliphatic rings. The summed E-state index contributed by atoms with van der Waals surface area (Å²) in [6.45, 7) is 0. The largest absolute Gasteiger partial charge is 0.308 e. The maximum absolute atomic E-state index is 11.3. The van der Waals surface area contributed by atoms with Crippen LogP contribution in [0.1, 0.15) is 16.7 Å². The first kappa shape index (κ1) is 39.2. The number of benzene rings is 9. The highest BCUT2D eigenvalue weighted by molar-refractivity contribution is 6.40. The van der Waals surface area contributed by atoms with Gasteiger partial charge in [-0.3, -0.25) is 0 Å². The zero-order valence-corrected chi connectivity index (χ0v) is 36.6. The first-order chi connectivity index (χ1) is 34.1. The van der Waals surface area contributed by atoms with Gasteiger partial charge < -0.3 is 13.7 Å². The van der Waals surface area contributed by atoms with E-state index in [2.05, 4.69) is 86.5 Å². The minimum Gasteiger partial charge on any atom is -0.308 e. The van der Waals surface area contributed by atoms with Crippen molar-refractivity contribution in [3.05, 3.63) is 217 Å². The fraction of sp³-hybridized carbons (Fsp3) is 0. The molecule has 0 aliphatic carbocycles. The van der Waals surface area contributed by atoms with Crippen molar-refractivity contribution in [2.24, 2.45) is 0 Å². The van der Waals surface area contributed by atoms with E-state index in [9.17, 15) is 15.8 Å². The number of aromatic nitrogens is 6. The first-order valence-corrected chi connectivity index (χ1v) is 22.5. The van der Waals surface area contributed by atoms with E-state index >= 15 is 0 Å². The molecule has 0 radical (unpaired) electrons. The van der Waals surface area contributed by atoms with Crippen molar-refractivity contribution in [3.63, 3.8) is 0 Å². The van der Waals surface area contributed by atoms with E-state index in [0.29, 0.717) is 45.4 Å². The van der Waals surface area contributed by atoms with E-state index < -0.39 is 0 Å². The Morgan fingerprint density at radius 2 is 0.739 bits per heavy atom. The second kappa shape index (κ2) is 15.5. The molecule has 0 N–H and O–H groups in total. The molecule has 0 saturated heterocycles. The first-order valence-electron chi connectivity index (χ1n) is 22.5. The summed E-state index contributed by atoms with van der Waals surface area (Å²) in [6, 6.07) is 73.6. The quantitative estimate of drug-likeness (QED) is 0.164. The second-order valence-electron chi connectivity index (χ2n) is 16.9. The molecule has 13 aromatic rings. The van der Waals surface area contributed by atoms with Crippen molar-refractivity contribution < 1.29 is 0 Å². The van der Waals surface area contributed by atoms with Crippen LogP contribution in [0.15, 0.2) is 200 Å². The zero-order valence-electron chi connectivity index (χ0n) is 36.6. The maximum Gasteiger partial charge on any atom is 0.164 e. The number of hydrogen-bond acceptors (Lipinski definition) is 6. The monoisotopic (exact) mass is 879 g/mol. The molecule has 13 rings (SSSR count). The maximum atomic E-state index is 11.3. The van der Waals surface area contributed by atoms with Crippen LogP contribution in [0.4, 0.5) is 0 Å². The molecule has 0 unspecified atom stereocenters. The summed E-state index contributed by atoms with van der Waals surface area (Å²) >= 11 is 0. The molecule has 4 heterocycles. The standard InChI is InChI=1S/C60H33N9/c61-34-37-15-13-21-43(31-37)67-49-26-10-7-23-45(49)52-55-53(46-24-8-11-27-50(46)68(55)44-22-14-16-38(32-44)35-62)57-54(56(52)67)47-25-9-12-28-51(47)69(57)48-30-29-41(33-42(48)36-63)60-65-58(39-17-3-1-4-18-39)64-59(66-60)40-19-5-2-6-20-40/h1-33H. The van der Waals surface area contributed by atoms with Gasteiger partial charge in [-0.1, -0.05) is 127 Å². The Morgan fingerprint density at radius 3 is 1.19 bits per heavy atom. The average molecular weight is 880 g/mol. The number of rotatable bonds is 6. The highest BCUT2D eigenvalue weighted by Crippen LogP contribution is 2.50. The predicted octanol–water partition coefficient (Wildman–Crippen LogP) is 13.8. The van der Waals surface area contributed by atoms with Gasteiger partial charge in [-0.05, 0) is 72.8 Å². The molecule has 9 nitrogen and oxygen atoms in total. The summed E-state index contributed by atoms with van der Waals surface area (Å²) in [5.41, 5.74) is 11.9. The average Bonchev–Trinajstić information content (AvgIpc) is 4.07. The van der Waals surface area contributed by atoms with Crippen LogP contribution < -0.4 is 0 Å². The van der Waals surface area contributed by atoms with Crippen molar-refractivity contribution in [1.82, 2.24) is 28.7 Å². The van der Waals surface area contributed by atoms with Crippen LogP contribution in [0.3, 0.4) is 0 Å². The Hall–Kier alpha value is -10.1. The van der Waals surface area contributed by atoms with Crippen LogP contribution in [-0.2, 0) is 0 Å². The third kappa shape index (κ3) is 5.97. The molecule has 4 aromatic heterocycles. The van der Waals surface area contributed by atoms with Gasteiger partial charge in [0.1, 0.15) is 6.07 Å². The lowest BCUT2D eigenvalue weighted by Crippen LogP contribution is -2.02. The van der Waals surface area contributed by atoms with Gasteiger partial charge in [0.25, 0.3) is 0 Å². The van der Waals surface area contributed by atoms with Gasteiger partial charge in [-0.15, -0.1) is 0 Å². The topological polar surface area (TPSA) is 125 Å². The summed E-state index contributed by atoms with van der Waals surface area (Å²) in [6.07, 6.45) is 0. The molecule has 9 heteroatoms. The van der Waals surface area contributed by atoms with Gasteiger partial charge in [-0.2, -0.15) is 15.8 Å². The van der Waals surface area contributed by atoms with Crippen LogP contribution in [0.2, 0.25) is 0 Å². The number of fused-ring (bicyclic) bond motifs is 12. The lowest BCUT2D eigenvalue weighted by molar-refractivity contribution is 1.07. The van der Waals surface area contributed by atoms with Gasteiger partial charge in [-0.25, -0.2) is 15.0 Å². The van der Waals surface area contributed by atoms with Gasteiger partial charge in [0, 0.05) is 60.4 Å². The van der Waals surface area contributed by atoms with E-state index in [0.717, 1.165) is 87.9 Å². The number of para-hydroxylation sites is 3. The highest BCUT2D eigenvalue weighted by Gasteiger charge is 2.29. The van der Waals surface area contributed by atoms with Crippen LogP contribution in [0.5, 0.6) is 0 Å². The van der Waals surface area contributed by atoms with Gasteiger partial charge in [0.15, 0.2) is 17.5 Å². The van der Waals surface area contributed by atoms with Gasteiger partial charge in [0.2, 0.25) is 0 Å². The van der Waals surface area contributed by atoms with Crippen LogP contribution in [0, 0.1) is 34.0 Å². The molecular weight excluding hydrogens is 847 g/mol. The smallest absolute Gasteiger partial charge is 0.164 e. The Balaban J connectivity index is 1.20. The van der Waals surface area contributed by atoms with Gasteiger partial charge in [0.05, 0.1) is 67.6 Å². The summed E-state index contributed by atoms with van der Waals surface area (Å²) < 4.78 is 6.80. The summed E-state index contributed by atoms with van der Waals surface area (Å²) in [7, 11) is 0. The van der Waals surface area contributed by atoms with Crippen molar-refractivity contribution >= 4 is 65.4 Å². The van der Waals surface area contributed by atoms with Crippen molar-refractivity contribution in [2.75, 3.05) is 0 Å². The molecule has 0 saturated carbocycles. The van der Waals surface area contributed by atoms with Crippen LogP contribution in [-0.4, -0.2) is 28.7 Å². The molecular formula is C60H33N9. The minimum absolute atomic E-state index is 0.430. The van der Waals surface area contributed by atoms with E-state index in [1.807, 2.05) is 146 Å². The Kier molecular flexibility index (Phi) is 8.82. The summed E-state index contributed by atoms with van der Waals surface area (Å²) in [4.78, 5) is 14.9. The molecule has 0 atom stereocenters. The normalized spacial score (nSPS) is 11.4. The van der Waals surface area contributed by atoms with Crippen LogP contribution in [0.25, 0.3) is 117 Å². The Labute approximate surface area is 394 Å². The molecule has 0 fully saturated rings. The molecule has 0 spiro atoms. The third-order valence-electron chi connectivity index (χ3n) is 13.1. The predicted molar refractivity (Wildman–Crippen MR) is 273 cm³/mol. The molecule has 318 valence electrons. The van der Waals surface area contributed by atoms with Crippen molar-refractivity contribution in [2.45, 2.75) is 0 Å². The van der Waals surface area contributed by atoms with Gasteiger partial charge >= 0.3 is 0 Å². The molecule has 0 aliphatic heterocycles. The molecule has 0 bridgehead atoms. The summed E-state index contributed by atoms with van der Waals surface area (Å²) in [5, 5.41) is 37.8. The Bertz CT molecular complexity index is 4260. The SMILES string of the molecule is N#Cc1cccc(-n2c3ccccc3c3c2c2c4ccccc4n(-c4ccc(-c5nc(-c6ccccc6)nc(-c6ccccc6)n5)cc4C#N)c2c2c4ccccc4n(-c4cccc(C#N)c4)c32)c1. The number of nitrogens with zero attached hydrogens (tertiary/aromatic N) is 9. The van der Waals surface area contributed by atoms with E-state index in [1.165, 1.54) is 0 Å². The fourth-order valence-electron chi connectivity index (χ4n) is 10.3. The molecule has 0 amide bonds. The number of nitriles is 3. The summed E-state index contributed by atoms with van der Waals surface area (Å²) in [5.74, 6) is 1.51. The highest BCUT2D eigenvalue weighted by atomic mass is 15.1. The van der Waals surface area contributed by atoms with Crippen LogP contribution >= 0.6 is 0 Å². The molecule has 69 heavy (non-hydrogen) atoms. The van der Waals surface area contributed by atoms with E-state index in [-0.39, 0.29) is 0 Å². The Morgan fingerprint density at radius 1 is 0.333 bits per heavy atom. The van der Waals surface area contributed by atoms with Crippen molar-refractivity contribution in [3.8, 4) is 69.4 Å². The third-order valence-corrected chi connectivity index (χ3v) is 13.1. The van der Waals surface area contributed by atoms with Crippen molar-refractivity contribution in [1.29, 1.82) is 15.8 Å². The second-order valence-corrected chi connectivity index (χ2v) is 16.9. The lowest BCUT2D eigenvalue weighted by atomic mass is 10.0. The van der Waals surface area contributed by atoms with E-state index in [1.54, 1.807) is 0 Å². The lowest BCUT2D eigenvalue weighted by Gasteiger charge is -2.15. The van der Waals surface area contributed by atoms with E-state index in [4.69, 9.17) is 15.0 Å². The zero-order chi connectivity index (χ0) is 46.2. The number of hydrogen-bond donors (Lipinski definition) is 0.